The van der Waals surface area contributed by atoms with Crippen LogP contribution in [-0.4, -0.2) is 50.9 Å². The van der Waals surface area contributed by atoms with Crippen molar-refractivity contribution in [3.05, 3.63) is 0 Å². The van der Waals surface area contributed by atoms with E-state index in [9.17, 15) is 4.79 Å². The molecule has 128 valence electrons. The molecule has 0 aromatic carbocycles. The molecule has 1 heterocycles. The number of hydrogen-bond acceptors (Lipinski definition) is 4. The Bertz CT molecular complexity index is 353. The summed E-state index contributed by atoms with van der Waals surface area (Å²) in [6.07, 6.45) is 5.57. The lowest BCUT2D eigenvalue weighted by Gasteiger charge is -2.21. The summed E-state index contributed by atoms with van der Waals surface area (Å²) in [6, 6.07) is 0. The Labute approximate surface area is 134 Å². The summed E-state index contributed by atoms with van der Waals surface area (Å²) >= 11 is 0. The molecule has 1 rings (SSSR count). The van der Waals surface area contributed by atoms with Gasteiger partial charge in [0.2, 0.25) is 0 Å². The zero-order valence-electron chi connectivity index (χ0n) is 14.2. The fourth-order valence-electron chi connectivity index (χ4n) is 2.43. The maximum Gasteiger partial charge on any atom is 0.305 e. The number of ether oxygens (including phenoxy) is 2. The molecule has 0 bridgehead atoms. The summed E-state index contributed by atoms with van der Waals surface area (Å²) in [5, 5.41) is 6.58. The third-order valence-corrected chi connectivity index (χ3v) is 3.79. The van der Waals surface area contributed by atoms with Gasteiger partial charge in [-0.2, -0.15) is 0 Å². The van der Waals surface area contributed by atoms with Crippen LogP contribution in [0.3, 0.4) is 0 Å². The average Bonchev–Trinajstić information content (AvgIpc) is 2.95. The van der Waals surface area contributed by atoms with Crippen molar-refractivity contribution >= 4 is 11.9 Å². The second-order valence-corrected chi connectivity index (χ2v) is 5.91. The molecule has 1 unspecified atom stereocenters. The predicted molar refractivity (Wildman–Crippen MR) is 88.1 cm³/mol. The minimum Gasteiger partial charge on any atom is -0.469 e. The van der Waals surface area contributed by atoms with Crippen LogP contribution in [0.5, 0.6) is 0 Å². The Morgan fingerprint density at radius 1 is 1.32 bits per heavy atom. The van der Waals surface area contributed by atoms with Crippen LogP contribution < -0.4 is 10.6 Å². The summed E-state index contributed by atoms with van der Waals surface area (Å²) in [5.41, 5.74) is -0.108. The second kappa shape index (κ2) is 10.4. The van der Waals surface area contributed by atoms with Gasteiger partial charge in [-0.25, -0.2) is 0 Å². The molecule has 22 heavy (non-hydrogen) atoms. The van der Waals surface area contributed by atoms with Crippen LogP contribution in [-0.2, 0) is 14.3 Å². The van der Waals surface area contributed by atoms with Crippen molar-refractivity contribution in [3.8, 4) is 0 Å². The third-order valence-electron chi connectivity index (χ3n) is 3.79. The highest BCUT2D eigenvalue weighted by Crippen LogP contribution is 2.24. The normalized spacial score (nSPS) is 21.7. The van der Waals surface area contributed by atoms with Crippen molar-refractivity contribution in [1.82, 2.24) is 10.6 Å². The molecule has 0 aromatic heterocycles. The molecule has 1 aliphatic rings. The minimum absolute atomic E-state index is 0.108. The Morgan fingerprint density at radius 2 is 2.14 bits per heavy atom. The van der Waals surface area contributed by atoms with Gasteiger partial charge in [0.1, 0.15) is 0 Å². The molecular weight excluding hydrogens is 282 g/mol. The van der Waals surface area contributed by atoms with Gasteiger partial charge in [0, 0.05) is 26.1 Å². The number of carbonyl (C=O) groups is 1. The van der Waals surface area contributed by atoms with Crippen molar-refractivity contribution in [2.24, 2.45) is 4.99 Å². The van der Waals surface area contributed by atoms with Crippen LogP contribution in [0, 0.1) is 0 Å². The molecule has 0 radical (unpaired) electrons. The Kier molecular flexibility index (Phi) is 8.89. The molecule has 6 nitrogen and oxygen atoms in total. The van der Waals surface area contributed by atoms with Crippen LogP contribution >= 0.6 is 0 Å². The van der Waals surface area contributed by atoms with Gasteiger partial charge in [0.25, 0.3) is 0 Å². The molecule has 1 saturated heterocycles. The summed E-state index contributed by atoms with van der Waals surface area (Å²) in [5.74, 6) is 0.708. The van der Waals surface area contributed by atoms with Crippen LogP contribution in [0.15, 0.2) is 4.99 Å². The first-order valence-electron chi connectivity index (χ1n) is 8.32. The van der Waals surface area contributed by atoms with Gasteiger partial charge in [0.15, 0.2) is 5.96 Å². The van der Waals surface area contributed by atoms with E-state index < -0.39 is 0 Å². The van der Waals surface area contributed by atoms with Crippen LogP contribution in [0.25, 0.3) is 0 Å². The number of carbonyl (C=O) groups excluding carboxylic acids is 1. The highest BCUT2D eigenvalue weighted by Gasteiger charge is 2.29. The number of methoxy groups -OCH3 is 1. The standard InChI is InChI=1S/C16H31N3O3/c1-4-17-15(19-13-16(2)10-8-12-22-16)18-11-7-5-6-9-14(20)21-3/h4-13H2,1-3H3,(H2,17,18,19). The van der Waals surface area contributed by atoms with Gasteiger partial charge in [0.05, 0.1) is 19.3 Å². The first-order chi connectivity index (χ1) is 10.6. The van der Waals surface area contributed by atoms with Gasteiger partial charge in [-0.1, -0.05) is 6.42 Å². The van der Waals surface area contributed by atoms with E-state index in [4.69, 9.17) is 4.74 Å². The molecule has 0 spiro atoms. The average molecular weight is 313 g/mol. The van der Waals surface area contributed by atoms with Crippen molar-refractivity contribution in [2.75, 3.05) is 33.4 Å². The van der Waals surface area contributed by atoms with Crippen molar-refractivity contribution < 1.29 is 14.3 Å². The first-order valence-corrected chi connectivity index (χ1v) is 8.32. The van der Waals surface area contributed by atoms with Crippen LogP contribution in [0.2, 0.25) is 0 Å². The third kappa shape index (κ3) is 7.64. The highest BCUT2D eigenvalue weighted by molar-refractivity contribution is 5.79. The SMILES string of the molecule is CCNC(=NCC1(C)CCCO1)NCCCCCC(=O)OC. The molecule has 2 N–H and O–H groups in total. The largest absolute Gasteiger partial charge is 0.469 e. The number of unbranched alkanes of at least 4 members (excludes halogenated alkanes) is 2. The van der Waals surface area contributed by atoms with E-state index in [0.29, 0.717) is 13.0 Å². The molecule has 0 saturated carbocycles. The van der Waals surface area contributed by atoms with Crippen LogP contribution in [0.4, 0.5) is 0 Å². The van der Waals surface area contributed by atoms with Gasteiger partial charge in [-0.15, -0.1) is 0 Å². The van der Waals surface area contributed by atoms with E-state index in [0.717, 1.165) is 57.8 Å². The predicted octanol–water partition coefficient (Wildman–Crippen LogP) is 1.84. The van der Waals surface area contributed by atoms with E-state index in [1.807, 2.05) is 0 Å². The number of guanidine groups is 1. The molecule has 1 aliphatic heterocycles. The number of rotatable bonds is 9. The van der Waals surface area contributed by atoms with Gasteiger partial charge >= 0.3 is 5.97 Å². The maximum atomic E-state index is 11.0. The summed E-state index contributed by atoms with van der Waals surface area (Å²) in [6.45, 7) is 7.40. The molecule has 0 amide bonds. The van der Waals surface area contributed by atoms with Crippen molar-refractivity contribution in [2.45, 2.75) is 58.0 Å². The number of nitrogens with one attached hydrogen (secondary N) is 2. The summed E-state index contributed by atoms with van der Waals surface area (Å²) in [4.78, 5) is 15.6. The van der Waals surface area contributed by atoms with Crippen molar-refractivity contribution in [3.63, 3.8) is 0 Å². The maximum absolute atomic E-state index is 11.0. The van der Waals surface area contributed by atoms with Crippen LogP contribution in [0.1, 0.15) is 52.4 Å². The highest BCUT2D eigenvalue weighted by atomic mass is 16.5. The van der Waals surface area contributed by atoms with E-state index in [-0.39, 0.29) is 11.6 Å². The topological polar surface area (TPSA) is 72.0 Å². The molecule has 6 heteroatoms. The zero-order valence-corrected chi connectivity index (χ0v) is 14.2. The second-order valence-electron chi connectivity index (χ2n) is 5.91. The zero-order chi connectivity index (χ0) is 16.3. The molecule has 1 atom stereocenters. The van der Waals surface area contributed by atoms with E-state index >= 15 is 0 Å². The lowest BCUT2D eigenvalue weighted by atomic mass is 10.0. The molecule has 0 aromatic rings. The first kappa shape index (κ1) is 18.7. The lowest BCUT2D eigenvalue weighted by molar-refractivity contribution is -0.140. The monoisotopic (exact) mass is 313 g/mol. The van der Waals surface area contributed by atoms with Gasteiger partial charge in [-0.3, -0.25) is 9.79 Å². The van der Waals surface area contributed by atoms with Gasteiger partial charge < -0.3 is 20.1 Å². The molecule has 0 aliphatic carbocycles. The van der Waals surface area contributed by atoms with Gasteiger partial charge in [-0.05, 0) is 39.5 Å². The Morgan fingerprint density at radius 3 is 2.77 bits per heavy atom. The summed E-state index contributed by atoms with van der Waals surface area (Å²) < 4.78 is 10.4. The number of aliphatic imine (C=N–C) groups is 1. The van der Waals surface area contributed by atoms with Crippen molar-refractivity contribution in [1.29, 1.82) is 0 Å². The minimum atomic E-state index is -0.132. The Hall–Kier alpha value is -1.30. The number of esters is 1. The fourth-order valence-corrected chi connectivity index (χ4v) is 2.43. The fraction of sp³-hybridized carbons (Fsp3) is 0.875. The van der Waals surface area contributed by atoms with E-state index in [2.05, 4.69) is 34.2 Å². The van der Waals surface area contributed by atoms with E-state index in [1.165, 1.54) is 7.11 Å². The molecular formula is C16H31N3O3. The Balaban J connectivity index is 2.21. The smallest absolute Gasteiger partial charge is 0.305 e. The number of nitrogens with zero attached hydrogens (tertiary/aromatic N) is 1. The molecule has 1 fully saturated rings. The van der Waals surface area contributed by atoms with E-state index in [1.54, 1.807) is 0 Å². The summed E-state index contributed by atoms with van der Waals surface area (Å²) in [7, 11) is 1.43. The lowest BCUT2D eigenvalue weighted by Crippen LogP contribution is -2.39. The quantitative estimate of drug-likeness (QED) is 0.294. The number of hydrogen-bond donors (Lipinski definition) is 2.